The highest BCUT2D eigenvalue weighted by Gasteiger charge is 2.25. The molecule has 2 fully saturated rings. The van der Waals surface area contributed by atoms with Crippen molar-refractivity contribution in [3.63, 3.8) is 0 Å². The first-order chi connectivity index (χ1) is 11.7. The number of amides is 2. The quantitative estimate of drug-likeness (QED) is 0.915. The second-order valence-corrected chi connectivity index (χ2v) is 6.20. The molecule has 7 heteroatoms. The molecule has 0 bridgehead atoms. The molecule has 1 atom stereocenters. The van der Waals surface area contributed by atoms with E-state index < -0.39 is 5.82 Å². The number of nitrogens with one attached hydrogen (secondary N) is 1. The first-order valence-corrected chi connectivity index (χ1v) is 8.39. The highest BCUT2D eigenvalue weighted by Crippen LogP contribution is 2.21. The fourth-order valence-electron chi connectivity index (χ4n) is 3.16. The Bertz CT molecular complexity index is 570. The minimum atomic E-state index is -0.489. The van der Waals surface area contributed by atoms with E-state index in [-0.39, 0.29) is 11.8 Å². The standard InChI is InChI=1S/C17H24FN3O3/c1-23-16-5-4-13(11-15(16)18)19-17(22)21-8-6-20(7-9-21)12-14-3-2-10-24-14/h4-5,11,14H,2-3,6-10,12H2,1H3,(H,19,22). The maximum absolute atomic E-state index is 13.7. The molecule has 0 saturated carbocycles. The van der Waals surface area contributed by atoms with E-state index in [0.717, 1.165) is 39.1 Å². The average molecular weight is 337 g/mol. The first kappa shape index (κ1) is 17.0. The minimum absolute atomic E-state index is 0.163. The number of benzene rings is 1. The van der Waals surface area contributed by atoms with Gasteiger partial charge in [0.25, 0.3) is 0 Å². The van der Waals surface area contributed by atoms with E-state index in [0.29, 0.717) is 24.9 Å². The Morgan fingerprint density at radius 2 is 2.17 bits per heavy atom. The fraction of sp³-hybridized carbons (Fsp3) is 0.588. The van der Waals surface area contributed by atoms with Gasteiger partial charge in [-0.1, -0.05) is 0 Å². The van der Waals surface area contributed by atoms with Crippen LogP contribution < -0.4 is 10.1 Å². The summed E-state index contributed by atoms with van der Waals surface area (Å²) in [6.45, 7) is 4.81. The van der Waals surface area contributed by atoms with Crippen LogP contribution in [-0.4, -0.2) is 68.4 Å². The predicted octanol–water partition coefficient (Wildman–Crippen LogP) is 2.16. The summed E-state index contributed by atoms with van der Waals surface area (Å²) in [5, 5.41) is 2.74. The molecule has 1 aromatic rings. The number of hydrogen-bond acceptors (Lipinski definition) is 4. The lowest BCUT2D eigenvalue weighted by Gasteiger charge is -2.35. The Labute approximate surface area is 141 Å². The Morgan fingerprint density at radius 1 is 1.38 bits per heavy atom. The molecular formula is C17H24FN3O3. The molecule has 24 heavy (non-hydrogen) atoms. The summed E-state index contributed by atoms with van der Waals surface area (Å²) in [4.78, 5) is 16.4. The summed E-state index contributed by atoms with van der Waals surface area (Å²) in [5.41, 5.74) is 0.431. The largest absolute Gasteiger partial charge is 0.494 e. The SMILES string of the molecule is COc1ccc(NC(=O)N2CCN(CC3CCCO3)CC2)cc1F. The molecule has 1 unspecified atom stereocenters. The number of anilines is 1. The molecule has 3 rings (SSSR count). The minimum Gasteiger partial charge on any atom is -0.494 e. The van der Waals surface area contributed by atoms with E-state index in [2.05, 4.69) is 10.2 Å². The van der Waals surface area contributed by atoms with Gasteiger partial charge in [-0.15, -0.1) is 0 Å². The topological polar surface area (TPSA) is 54.0 Å². The second kappa shape index (κ2) is 7.81. The smallest absolute Gasteiger partial charge is 0.321 e. The van der Waals surface area contributed by atoms with Gasteiger partial charge >= 0.3 is 6.03 Å². The van der Waals surface area contributed by atoms with Crippen molar-refractivity contribution in [2.75, 3.05) is 51.8 Å². The Hall–Kier alpha value is -1.86. The van der Waals surface area contributed by atoms with E-state index >= 15 is 0 Å². The molecule has 1 N–H and O–H groups in total. The molecule has 0 aliphatic carbocycles. The molecule has 6 nitrogen and oxygen atoms in total. The van der Waals surface area contributed by atoms with Gasteiger partial charge in [0.1, 0.15) is 0 Å². The number of carbonyl (C=O) groups excluding carboxylic acids is 1. The molecule has 2 aliphatic heterocycles. The zero-order valence-corrected chi connectivity index (χ0v) is 14.0. The third-order valence-electron chi connectivity index (χ3n) is 4.55. The third-order valence-corrected chi connectivity index (χ3v) is 4.55. The van der Waals surface area contributed by atoms with Gasteiger partial charge in [0.05, 0.1) is 13.2 Å². The number of hydrogen-bond donors (Lipinski definition) is 1. The monoisotopic (exact) mass is 337 g/mol. The highest BCUT2D eigenvalue weighted by molar-refractivity contribution is 5.89. The summed E-state index contributed by atoms with van der Waals surface area (Å²) in [6, 6.07) is 4.21. The third kappa shape index (κ3) is 4.15. The van der Waals surface area contributed by atoms with Crippen molar-refractivity contribution in [3.05, 3.63) is 24.0 Å². The zero-order valence-electron chi connectivity index (χ0n) is 14.0. The van der Waals surface area contributed by atoms with E-state index in [1.54, 1.807) is 11.0 Å². The lowest BCUT2D eigenvalue weighted by molar-refractivity contribution is 0.0572. The van der Waals surface area contributed by atoms with Crippen LogP contribution in [0.2, 0.25) is 0 Å². The zero-order chi connectivity index (χ0) is 16.9. The summed E-state index contributed by atoms with van der Waals surface area (Å²) in [7, 11) is 1.41. The van der Waals surface area contributed by atoms with Crippen LogP contribution in [0.25, 0.3) is 0 Å². The molecule has 1 aromatic carbocycles. The number of halogens is 1. The molecule has 132 valence electrons. The van der Waals surface area contributed by atoms with Crippen LogP contribution in [0.5, 0.6) is 5.75 Å². The normalized spacial score (nSPS) is 21.8. The van der Waals surface area contributed by atoms with Crippen molar-refractivity contribution >= 4 is 11.7 Å². The van der Waals surface area contributed by atoms with Gasteiger partial charge < -0.3 is 19.7 Å². The van der Waals surface area contributed by atoms with Crippen molar-refractivity contribution in [2.45, 2.75) is 18.9 Å². The van der Waals surface area contributed by atoms with Crippen molar-refractivity contribution in [2.24, 2.45) is 0 Å². The van der Waals surface area contributed by atoms with Gasteiger partial charge in [-0.3, -0.25) is 4.90 Å². The van der Waals surface area contributed by atoms with Crippen LogP contribution in [0.15, 0.2) is 18.2 Å². The summed E-state index contributed by atoms with van der Waals surface area (Å²) in [6.07, 6.45) is 2.61. The van der Waals surface area contributed by atoms with Gasteiger partial charge in [0, 0.05) is 51.1 Å². The summed E-state index contributed by atoms with van der Waals surface area (Å²) in [5.74, 6) is -0.326. The second-order valence-electron chi connectivity index (χ2n) is 6.20. The number of carbonyl (C=O) groups is 1. The Morgan fingerprint density at radius 3 is 2.79 bits per heavy atom. The summed E-state index contributed by atoms with van der Waals surface area (Å²) >= 11 is 0. The lowest BCUT2D eigenvalue weighted by Crippen LogP contribution is -2.51. The van der Waals surface area contributed by atoms with E-state index in [1.807, 2.05) is 0 Å². The van der Waals surface area contributed by atoms with Crippen LogP contribution in [0, 0.1) is 5.82 Å². The molecule has 2 saturated heterocycles. The van der Waals surface area contributed by atoms with Crippen LogP contribution in [0.3, 0.4) is 0 Å². The van der Waals surface area contributed by atoms with E-state index in [9.17, 15) is 9.18 Å². The van der Waals surface area contributed by atoms with E-state index in [1.165, 1.54) is 19.2 Å². The predicted molar refractivity (Wildman–Crippen MR) is 89.0 cm³/mol. The maximum Gasteiger partial charge on any atom is 0.321 e. The molecule has 0 spiro atoms. The van der Waals surface area contributed by atoms with Gasteiger partial charge in [-0.25, -0.2) is 9.18 Å². The van der Waals surface area contributed by atoms with Crippen molar-refractivity contribution in [1.29, 1.82) is 0 Å². The van der Waals surface area contributed by atoms with Gasteiger partial charge in [0.15, 0.2) is 11.6 Å². The Kier molecular flexibility index (Phi) is 5.52. The van der Waals surface area contributed by atoms with Crippen LogP contribution >= 0.6 is 0 Å². The lowest BCUT2D eigenvalue weighted by atomic mass is 10.2. The van der Waals surface area contributed by atoms with Crippen LogP contribution in [0.4, 0.5) is 14.9 Å². The van der Waals surface area contributed by atoms with Gasteiger partial charge in [-0.2, -0.15) is 0 Å². The van der Waals surface area contributed by atoms with Crippen LogP contribution in [-0.2, 0) is 4.74 Å². The molecule has 0 aromatic heterocycles. The van der Waals surface area contributed by atoms with Gasteiger partial charge in [-0.05, 0) is 25.0 Å². The number of rotatable bonds is 4. The van der Waals surface area contributed by atoms with E-state index in [4.69, 9.17) is 9.47 Å². The molecule has 2 heterocycles. The number of ether oxygens (including phenoxy) is 2. The maximum atomic E-state index is 13.7. The fourth-order valence-corrected chi connectivity index (χ4v) is 3.16. The Balaban J connectivity index is 1.47. The number of nitrogens with zero attached hydrogens (tertiary/aromatic N) is 2. The first-order valence-electron chi connectivity index (χ1n) is 8.39. The van der Waals surface area contributed by atoms with Crippen LogP contribution in [0.1, 0.15) is 12.8 Å². The van der Waals surface area contributed by atoms with Crippen molar-refractivity contribution in [3.8, 4) is 5.75 Å². The molecule has 2 amide bonds. The molecular weight excluding hydrogens is 313 g/mol. The van der Waals surface area contributed by atoms with Gasteiger partial charge in [0.2, 0.25) is 0 Å². The number of piperazine rings is 1. The van der Waals surface area contributed by atoms with Crippen molar-refractivity contribution < 1.29 is 18.7 Å². The number of methoxy groups -OCH3 is 1. The highest BCUT2D eigenvalue weighted by atomic mass is 19.1. The van der Waals surface area contributed by atoms with Crippen molar-refractivity contribution in [1.82, 2.24) is 9.80 Å². The summed E-state index contributed by atoms with van der Waals surface area (Å²) < 4.78 is 24.2. The number of urea groups is 1. The molecule has 0 radical (unpaired) electrons. The molecule has 2 aliphatic rings. The average Bonchev–Trinajstić information content (AvgIpc) is 3.08.